The zero-order valence-electron chi connectivity index (χ0n) is 9.22. The molecule has 0 amide bonds. The first kappa shape index (κ1) is 12.1. The highest BCUT2D eigenvalue weighted by Gasteiger charge is 2.11. The maximum absolute atomic E-state index is 5.54. The van der Waals surface area contributed by atoms with Gasteiger partial charge in [0.2, 0.25) is 0 Å². The first-order valence-electron chi connectivity index (χ1n) is 4.90. The van der Waals surface area contributed by atoms with E-state index in [1.807, 2.05) is 4.57 Å². The molecule has 0 aliphatic rings. The number of nitrogens with zero attached hydrogens (tertiary/aromatic N) is 3. The van der Waals surface area contributed by atoms with Gasteiger partial charge in [0.15, 0.2) is 0 Å². The second kappa shape index (κ2) is 6.49. The van der Waals surface area contributed by atoms with Crippen LogP contribution in [0, 0.1) is 0 Å². The summed E-state index contributed by atoms with van der Waals surface area (Å²) in [5.74, 6) is 0.879. The van der Waals surface area contributed by atoms with E-state index in [1.165, 1.54) is 0 Å². The molecule has 1 rings (SSSR count). The van der Waals surface area contributed by atoms with E-state index in [4.69, 9.17) is 15.2 Å². The van der Waals surface area contributed by atoms with Crippen LogP contribution in [0.5, 0.6) is 0 Å². The molecule has 86 valence electrons. The Balaban J connectivity index is 2.55. The fourth-order valence-corrected chi connectivity index (χ4v) is 1.28. The van der Waals surface area contributed by atoms with Crippen molar-refractivity contribution in [1.82, 2.24) is 14.8 Å². The van der Waals surface area contributed by atoms with Crippen molar-refractivity contribution in [3.05, 3.63) is 12.2 Å². The lowest BCUT2D eigenvalue weighted by Crippen LogP contribution is -2.26. The molecule has 1 unspecified atom stereocenters. The molecule has 1 aromatic rings. The molecule has 1 atom stereocenters. The van der Waals surface area contributed by atoms with Gasteiger partial charge in [-0.3, -0.25) is 0 Å². The molecular weight excluding hydrogens is 196 g/mol. The van der Waals surface area contributed by atoms with Crippen LogP contribution >= 0.6 is 0 Å². The van der Waals surface area contributed by atoms with Crippen molar-refractivity contribution in [3.8, 4) is 0 Å². The minimum absolute atomic E-state index is 0.00417. The summed E-state index contributed by atoms with van der Waals surface area (Å²) in [7, 11) is 3.31. The Morgan fingerprint density at radius 3 is 2.93 bits per heavy atom. The molecule has 1 aromatic heterocycles. The summed E-state index contributed by atoms with van der Waals surface area (Å²) in [4.78, 5) is 0. The van der Waals surface area contributed by atoms with Crippen molar-refractivity contribution in [3.63, 3.8) is 0 Å². The highest BCUT2D eigenvalue weighted by Crippen LogP contribution is 2.02. The van der Waals surface area contributed by atoms with Crippen LogP contribution in [0.2, 0.25) is 0 Å². The summed E-state index contributed by atoms with van der Waals surface area (Å²) < 4.78 is 12.1. The number of ether oxygens (including phenoxy) is 2. The third kappa shape index (κ3) is 3.58. The monoisotopic (exact) mass is 214 g/mol. The maximum atomic E-state index is 5.54. The van der Waals surface area contributed by atoms with Crippen LogP contribution in [0.3, 0.4) is 0 Å². The van der Waals surface area contributed by atoms with E-state index in [9.17, 15) is 0 Å². The molecule has 1 heterocycles. The van der Waals surface area contributed by atoms with Crippen LogP contribution in [0.15, 0.2) is 6.33 Å². The maximum Gasteiger partial charge on any atom is 0.135 e. The average molecular weight is 214 g/mol. The number of methoxy groups -OCH3 is 2. The smallest absolute Gasteiger partial charge is 0.135 e. The summed E-state index contributed by atoms with van der Waals surface area (Å²) in [6, 6.07) is 0. The standard InChI is InChI=1S/C9H18N4O2/c1-14-4-3-13-7-11-12-9(13)5-8(6-10)15-2/h7-8H,3-6,10H2,1-2H3. The fourth-order valence-electron chi connectivity index (χ4n) is 1.28. The van der Waals surface area contributed by atoms with E-state index in [2.05, 4.69) is 10.2 Å². The van der Waals surface area contributed by atoms with Crippen LogP contribution in [0.25, 0.3) is 0 Å². The van der Waals surface area contributed by atoms with E-state index in [0.717, 1.165) is 12.4 Å². The van der Waals surface area contributed by atoms with Gasteiger partial charge in [0.25, 0.3) is 0 Å². The summed E-state index contributed by atoms with van der Waals surface area (Å²) in [5.41, 5.74) is 5.54. The third-order valence-corrected chi connectivity index (χ3v) is 2.24. The Bertz CT molecular complexity index is 273. The number of aromatic nitrogens is 3. The summed E-state index contributed by atoms with van der Waals surface area (Å²) >= 11 is 0. The number of rotatable bonds is 7. The molecule has 0 spiro atoms. The highest BCUT2D eigenvalue weighted by molar-refractivity contribution is 4.89. The lowest BCUT2D eigenvalue weighted by molar-refractivity contribution is 0.106. The van der Waals surface area contributed by atoms with Gasteiger partial charge in [-0.25, -0.2) is 0 Å². The summed E-state index contributed by atoms with van der Waals surface area (Å²) in [5, 5.41) is 7.88. The molecule has 0 aliphatic carbocycles. The van der Waals surface area contributed by atoms with Crippen LogP contribution in [0.4, 0.5) is 0 Å². The van der Waals surface area contributed by atoms with Crippen LogP contribution in [-0.2, 0) is 22.4 Å². The normalized spacial score (nSPS) is 13.0. The SMILES string of the molecule is COCCn1cnnc1CC(CN)OC. The third-order valence-electron chi connectivity index (χ3n) is 2.24. The molecule has 15 heavy (non-hydrogen) atoms. The van der Waals surface area contributed by atoms with Gasteiger partial charge in [-0.05, 0) is 0 Å². The van der Waals surface area contributed by atoms with E-state index in [0.29, 0.717) is 19.6 Å². The molecule has 0 radical (unpaired) electrons. The molecular formula is C9H18N4O2. The molecule has 0 saturated heterocycles. The summed E-state index contributed by atoms with van der Waals surface area (Å²) in [6.07, 6.45) is 2.37. The van der Waals surface area contributed by atoms with Crippen molar-refractivity contribution < 1.29 is 9.47 Å². The van der Waals surface area contributed by atoms with Gasteiger partial charge < -0.3 is 19.8 Å². The largest absolute Gasteiger partial charge is 0.383 e. The van der Waals surface area contributed by atoms with Gasteiger partial charge in [-0.15, -0.1) is 10.2 Å². The number of nitrogens with two attached hydrogens (primary N) is 1. The zero-order chi connectivity index (χ0) is 11.1. The predicted molar refractivity (Wildman–Crippen MR) is 55.5 cm³/mol. The van der Waals surface area contributed by atoms with Gasteiger partial charge in [0, 0.05) is 33.7 Å². The lowest BCUT2D eigenvalue weighted by atomic mass is 10.2. The van der Waals surface area contributed by atoms with Crippen molar-refractivity contribution in [2.45, 2.75) is 19.1 Å². The minimum Gasteiger partial charge on any atom is -0.383 e. The Labute approximate surface area is 89.4 Å². The lowest BCUT2D eigenvalue weighted by Gasteiger charge is -2.12. The predicted octanol–water partition coefficient (Wildman–Crippen LogP) is -0.559. The second-order valence-electron chi connectivity index (χ2n) is 3.23. The van der Waals surface area contributed by atoms with Crippen molar-refractivity contribution in [1.29, 1.82) is 0 Å². The van der Waals surface area contributed by atoms with Crippen molar-refractivity contribution >= 4 is 0 Å². The van der Waals surface area contributed by atoms with Crippen LogP contribution in [-0.4, -0.2) is 48.2 Å². The molecule has 6 heteroatoms. The van der Waals surface area contributed by atoms with E-state index in [-0.39, 0.29) is 6.10 Å². The van der Waals surface area contributed by atoms with Crippen LogP contribution < -0.4 is 5.73 Å². The highest BCUT2D eigenvalue weighted by atomic mass is 16.5. The Kier molecular flexibility index (Phi) is 5.23. The van der Waals surface area contributed by atoms with E-state index < -0.39 is 0 Å². The Hall–Kier alpha value is -0.980. The molecule has 0 aliphatic heterocycles. The van der Waals surface area contributed by atoms with Crippen molar-refractivity contribution in [2.24, 2.45) is 5.73 Å². The Morgan fingerprint density at radius 1 is 1.53 bits per heavy atom. The topological polar surface area (TPSA) is 75.2 Å². The summed E-state index contributed by atoms with van der Waals surface area (Å²) in [6.45, 7) is 1.87. The van der Waals surface area contributed by atoms with Gasteiger partial charge in [-0.1, -0.05) is 0 Å². The molecule has 0 saturated carbocycles. The minimum atomic E-state index is -0.00417. The van der Waals surface area contributed by atoms with Gasteiger partial charge in [0.05, 0.1) is 12.7 Å². The van der Waals surface area contributed by atoms with Gasteiger partial charge >= 0.3 is 0 Å². The fraction of sp³-hybridized carbons (Fsp3) is 0.778. The van der Waals surface area contributed by atoms with Gasteiger partial charge in [-0.2, -0.15) is 0 Å². The van der Waals surface area contributed by atoms with E-state index in [1.54, 1.807) is 20.5 Å². The van der Waals surface area contributed by atoms with E-state index >= 15 is 0 Å². The average Bonchev–Trinajstić information content (AvgIpc) is 2.70. The second-order valence-corrected chi connectivity index (χ2v) is 3.23. The zero-order valence-corrected chi connectivity index (χ0v) is 9.22. The van der Waals surface area contributed by atoms with Crippen LogP contribution in [0.1, 0.15) is 5.82 Å². The first-order chi connectivity index (χ1) is 7.31. The van der Waals surface area contributed by atoms with Gasteiger partial charge in [0.1, 0.15) is 12.2 Å². The molecule has 0 bridgehead atoms. The molecule has 2 N–H and O–H groups in total. The molecule has 0 aromatic carbocycles. The quantitative estimate of drug-likeness (QED) is 0.658. The number of hydrogen-bond donors (Lipinski definition) is 1. The van der Waals surface area contributed by atoms with Crippen molar-refractivity contribution in [2.75, 3.05) is 27.4 Å². The molecule has 6 nitrogen and oxygen atoms in total. The number of hydrogen-bond acceptors (Lipinski definition) is 5. The molecule has 0 fully saturated rings. The first-order valence-corrected chi connectivity index (χ1v) is 4.90. The Morgan fingerprint density at radius 2 is 2.33 bits per heavy atom.